The molecule has 0 saturated heterocycles. The van der Waals surface area contributed by atoms with Crippen LogP contribution in [0, 0.1) is 0 Å². The van der Waals surface area contributed by atoms with Crippen LogP contribution >= 0.6 is 11.3 Å². The molecule has 2 heterocycles. The Labute approximate surface area is 294 Å². The Morgan fingerprint density at radius 3 is 1.88 bits per heavy atom. The van der Waals surface area contributed by atoms with E-state index in [2.05, 4.69) is 166 Å². The third kappa shape index (κ3) is 4.38. The molecule has 1 aliphatic rings. The van der Waals surface area contributed by atoms with Crippen LogP contribution in [0.1, 0.15) is 25.0 Å². The fourth-order valence-electron chi connectivity index (χ4n) is 7.89. The second-order valence-electron chi connectivity index (χ2n) is 13.6. The molecule has 0 amide bonds. The highest BCUT2D eigenvalue weighted by molar-refractivity contribution is 7.26. The lowest BCUT2D eigenvalue weighted by atomic mass is 9.82. The van der Waals surface area contributed by atoms with Crippen LogP contribution in [0.4, 0.5) is 0 Å². The third-order valence-corrected chi connectivity index (χ3v) is 11.6. The summed E-state index contributed by atoms with van der Waals surface area (Å²) in [6, 6.07) is 54.1. The Morgan fingerprint density at radius 2 is 1.00 bits per heavy atom. The lowest BCUT2D eigenvalue weighted by molar-refractivity contribution is 0.660. The van der Waals surface area contributed by atoms with E-state index in [1.54, 1.807) is 11.3 Å². The summed E-state index contributed by atoms with van der Waals surface area (Å²) in [5, 5.41) is 4.88. The molecule has 9 aromatic rings. The van der Waals surface area contributed by atoms with Crippen molar-refractivity contribution in [1.29, 1.82) is 0 Å². The Morgan fingerprint density at radius 1 is 0.420 bits per heavy atom. The van der Waals surface area contributed by atoms with Crippen molar-refractivity contribution in [1.82, 2.24) is 15.0 Å². The van der Waals surface area contributed by atoms with Gasteiger partial charge in [-0.05, 0) is 62.4 Å². The van der Waals surface area contributed by atoms with E-state index in [-0.39, 0.29) is 5.41 Å². The number of aromatic nitrogens is 3. The molecule has 10 rings (SSSR count). The molecule has 50 heavy (non-hydrogen) atoms. The number of rotatable bonds is 4. The molecular weight excluding hydrogens is 627 g/mol. The van der Waals surface area contributed by atoms with E-state index in [1.165, 1.54) is 53.2 Å². The normalized spacial score (nSPS) is 13.2. The van der Waals surface area contributed by atoms with Crippen molar-refractivity contribution < 1.29 is 0 Å². The molecule has 0 atom stereocenters. The maximum Gasteiger partial charge on any atom is 0.165 e. The van der Waals surface area contributed by atoms with Crippen LogP contribution < -0.4 is 0 Å². The first-order valence-corrected chi connectivity index (χ1v) is 17.9. The minimum Gasteiger partial charge on any atom is -0.208 e. The van der Waals surface area contributed by atoms with Crippen LogP contribution in [0.3, 0.4) is 0 Å². The maximum atomic E-state index is 5.30. The van der Waals surface area contributed by atoms with Gasteiger partial charge in [-0.1, -0.05) is 147 Å². The van der Waals surface area contributed by atoms with Gasteiger partial charge in [0.1, 0.15) is 0 Å². The highest BCUT2D eigenvalue weighted by Gasteiger charge is 2.35. The minimum absolute atomic E-state index is 0.135. The van der Waals surface area contributed by atoms with Crippen LogP contribution in [0.5, 0.6) is 0 Å². The smallest absolute Gasteiger partial charge is 0.165 e. The van der Waals surface area contributed by atoms with E-state index in [9.17, 15) is 0 Å². The fraction of sp³-hybridized carbons (Fsp3) is 0.0652. The number of nitrogens with zero attached hydrogens (tertiary/aromatic N) is 3. The van der Waals surface area contributed by atoms with E-state index in [0.29, 0.717) is 17.5 Å². The molecule has 1 aliphatic carbocycles. The molecule has 4 heteroatoms. The number of benzene rings is 7. The molecule has 7 aromatic carbocycles. The quantitative estimate of drug-likeness (QED) is 0.189. The van der Waals surface area contributed by atoms with Gasteiger partial charge in [0, 0.05) is 42.3 Å². The standard InChI is InChI=1S/C46H31N3S/c1-46(2)39-23-9-7-17-33(39)34-26-25-29(27-40(34)46)43-47-44(37-19-6-5-16-32(37)31-20-11-14-28-13-3-4-15-30(28)31)49-45(48-43)38-22-12-21-36-35-18-8-10-24-41(35)50-42(36)38/h3-27H,1-2H3. The van der Waals surface area contributed by atoms with Gasteiger partial charge < -0.3 is 0 Å². The van der Waals surface area contributed by atoms with Gasteiger partial charge in [0.05, 0.1) is 0 Å². The summed E-state index contributed by atoms with van der Waals surface area (Å²) in [4.78, 5) is 15.9. The predicted molar refractivity (Wildman–Crippen MR) is 210 cm³/mol. The molecule has 0 bridgehead atoms. The largest absolute Gasteiger partial charge is 0.208 e. The minimum atomic E-state index is -0.135. The lowest BCUT2D eigenvalue weighted by Crippen LogP contribution is -2.15. The van der Waals surface area contributed by atoms with Gasteiger partial charge in [0.15, 0.2) is 17.5 Å². The van der Waals surface area contributed by atoms with Crippen LogP contribution in [0.2, 0.25) is 0 Å². The van der Waals surface area contributed by atoms with E-state index in [4.69, 9.17) is 15.0 Å². The van der Waals surface area contributed by atoms with Gasteiger partial charge in [0.2, 0.25) is 0 Å². The zero-order chi connectivity index (χ0) is 33.4. The molecule has 0 spiro atoms. The maximum absolute atomic E-state index is 5.30. The van der Waals surface area contributed by atoms with E-state index >= 15 is 0 Å². The molecular formula is C46H31N3S. The monoisotopic (exact) mass is 657 g/mol. The summed E-state index contributed by atoms with van der Waals surface area (Å²) in [6.45, 7) is 4.63. The second-order valence-corrected chi connectivity index (χ2v) is 14.6. The Balaban J connectivity index is 1.23. The topological polar surface area (TPSA) is 38.7 Å². The van der Waals surface area contributed by atoms with Crippen molar-refractivity contribution in [2.24, 2.45) is 0 Å². The van der Waals surface area contributed by atoms with E-state index in [0.717, 1.165) is 27.8 Å². The second kappa shape index (κ2) is 11.0. The van der Waals surface area contributed by atoms with Gasteiger partial charge in [-0.25, -0.2) is 15.0 Å². The number of fused-ring (bicyclic) bond motifs is 7. The molecule has 236 valence electrons. The van der Waals surface area contributed by atoms with Crippen LogP contribution in [0.25, 0.3) is 87.4 Å². The van der Waals surface area contributed by atoms with Crippen molar-refractivity contribution in [3.8, 4) is 56.4 Å². The fourth-order valence-corrected chi connectivity index (χ4v) is 9.10. The van der Waals surface area contributed by atoms with Gasteiger partial charge in [-0.3, -0.25) is 0 Å². The zero-order valence-corrected chi connectivity index (χ0v) is 28.5. The first-order valence-electron chi connectivity index (χ1n) is 17.0. The molecule has 0 saturated carbocycles. The number of thiophene rings is 1. The molecule has 0 N–H and O–H groups in total. The first-order chi connectivity index (χ1) is 24.5. The summed E-state index contributed by atoms with van der Waals surface area (Å²) in [5.74, 6) is 2.01. The number of hydrogen-bond donors (Lipinski definition) is 0. The van der Waals surface area contributed by atoms with Crippen LogP contribution in [-0.2, 0) is 5.41 Å². The molecule has 0 aliphatic heterocycles. The average molecular weight is 658 g/mol. The van der Waals surface area contributed by atoms with Crippen molar-refractivity contribution in [3.05, 3.63) is 163 Å². The van der Waals surface area contributed by atoms with Crippen molar-refractivity contribution >= 4 is 42.3 Å². The van der Waals surface area contributed by atoms with E-state index < -0.39 is 0 Å². The van der Waals surface area contributed by atoms with Crippen LogP contribution in [-0.4, -0.2) is 15.0 Å². The highest BCUT2D eigenvalue weighted by Crippen LogP contribution is 2.49. The summed E-state index contributed by atoms with van der Waals surface area (Å²) >= 11 is 1.80. The summed E-state index contributed by atoms with van der Waals surface area (Å²) in [7, 11) is 0. The molecule has 0 fully saturated rings. The van der Waals surface area contributed by atoms with Crippen molar-refractivity contribution in [2.45, 2.75) is 19.3 Å². The van der Waals surface area contributed by atoms with Crippen molar-refractivity contribution in [2.75, 3.05) is 0 Å². The predicted octanol–water partition coefficient (Wildman–Crippen LogP) is 12.4. The lowest BCUT2D eigenvalue weighted by Gasteiger charge is -2.21. The Kier molecular flexibility index (Phi) is 6.39. The molecule has 3 nitrogen and oxygen atoms in total. The first kappa shape index (κ1) is 29.0. The van der Waals surface area contributed by atoms with Gasteiger partial charge in [-0.2, -0.15) is 0 Å². The highest BCUT2D eigenvalue weighted by atomic mass is 32.1. The SMILES string of the molecule is CC1(C)c2ccccc2-c2ccc(-c3nc(-c4ccccc4-c4cccc5ccccc45)nc(-c4cccc5c4sc4ccccc45)n3)cc21. The number of hydrogen-bond acceptors (Lipinski definition) is 4. The Hall–Kier alpha value is -5.97. The third-order valence-electron chi connectivity index (χ3n) is 10.4. The molecule has 2 aromatic heterocycles. The summed E-state index contributed by atoms with van der Waals surface area (Å²) in [5.41, 5.74) is 10.3. The zero-order valence-electron chi connectivity index (χ0n) is 27.7. The Bertz CT molecular complexity index is 2800. The average Bonchev–Trinajstić information content (AvgIpc) is 3.66. The van der Waals surface area contributed by atoms with Gasteiger partial charge in [-0.15, -0.1) is 11.3 Å². The summed E-state index contributed by atoms with van der Waals surface area (Å²) in [6.07, 6.45) is 0. The molecule has 0 radical (unpaired) electrons. The van der Waals surface area contributed by atoms with Crippen LogP contribution in [0.15, 0.2) is 152 Å². The van der Waals surface area contributed by atoms with Crippen molar-refractivity contribution in [3.63, 3.8) is 0 Å². The van der Waals surface area contributed by atoms with Gasteiger partial charge in [0.25, 0.3) is 0 Å². The van der Waals surface area contributed by atoms with Gasteiger partial charge >= 0.3 is 0 Å². The van der Waals surface area contributed by atoms with E-state index in [1.807, 2.05) is 0 Å². The molecule has 0 unspecified atom stereocenters. The summed E-state index contributed by atoms with van der Waals surface area (Å²) < 4.78 is 2.44.